The van der Waals surface area contributed by atoms with Crippen molar-refractivity contribution < 1.29 is 71.4 Å². The maximum absolute atomic E-state index is 12.9. The minimum atomic E-state index is -5.45. The minimum absolute atomic E-state index is 0.0451. The number of rotatable bonds is 43. The van der Waals surface area contributed by atoms with Crippen molar-refractivity contribution in [3.05, 3.63) is 83.5 Å². The molecule has 8 atom stereocenters. The number of nitrogens with two attached hydrogens (primary N) is 1. The first-order chi connectivity index (χ1) is 35.1. The highest BCUT2D eigenvalue weighted by Gasteiger charge is 2.46. The standard InChI is InChI=1S/C52H87N3O16P2/c1-3-5-7-8-9-10-11-12-13-14-15-16-20-23-26-29-32-36-47(57)66-40-44(69-48(58)37-33-30-27-24-21-18-17-19-22-25-28-31-35-43(56)34-6-4-2)41-67-72(62,63)71-73(64,65)68-42-45-49(59)50(60)51(70-45)55-39-38-46(53)54-52(55)61/h12-13,17-18,22,24-25,27,31,35,38-39,43-45,49-51,56,59-60H,3-11,14-16,19-21,23,26,28-30,32-34,36-37,40-42H2,1-2H3,(H,62,63)(H,64,65)(H2,53,54,61)/b13-12-,18-17-,25-22-,27-24-,35-31-/t43-,44-,45-,49-,50-,51-/m1/s1. The summed E-state index contributed by atoms with van der Waals surface area (Å²) in [4.78, 5) is 61.9. The number of aromatic nitrogens is 2. The number of phosphoric ester groups is 2. The Balaban J connectivity index is 1.82. The average Bonchev–Trinajstić information content (AvgIpc) is 3.62. The first-order valence-electron chi connectivity index (χ1n) is 26.4. The van der Waals surface area contributed by atoms with Crippen LogP contribution in [0.4, 0.5) is 5.82 Å². The van der Waals surface area contributed by atoms with E-state index in [9.17, 15) is 48.6 Å². The Kier molecular flexibility index (Phi) is 35.7. The zero-order valence-corrected chi connectivity index (χ0v) is 45.1. The number of carbonyl (C=O) groups is 2. The summed E-state index contributed by atoms with van der Waals surface area (Å²) in [5.74, 6) is -1.40. The molecule has 0 bridgehead atoms. The van der Waals surface area contributed by atoms with Gasteiger partial charge in [-0.05, 0) is 76.7 Å². The number of aliphatic hydroxyl groups excluding tert-OH is 3. The predicted molar refractivity (Wildman–Crippen MR) is 281 cm³/mol. The Morgan fingerprint density at radius 2 is 1.25 bits per heavy atom. The van der Waals surface area contributed by atoms with Crippen molar-refractivity contribution in [3.63, 3.8) is 0 Å². The molecule has 19 nitrogen and oxygen atoms in total. The Hall–Kier alpha value is -3.58. The number of ether oxygens (including phenoxy) is 3. The fourth-order valence-corrected chi connectivity index (χ4v) is 9.61. The molecule has 1 aromatic heterocycles. The van der Waals surface area contributed by atoms with Gasteiger partial charge in [0, 0.05) is 19.0 Å². The van der Waals surface area contributed by atoms with Crippen molar-refractivity contribution in [1.82, 2.24) is 9.55 Å². The summed E-state index contributed by atoms with van der Waals surface area (Å²) in [6.07, 6.45) is 36.3. The van der Waals surface area contributed by atoms with Crippen molar-refractivity contribution in [2.45, 2.75) is 211 Å². The van der Waals surface area contributed by atoms with Crippen LogP contribution in [0.25, 0.3) is 0 Å². The highest BCUT2D eigenvalue weighted by atomic mass is 31.3. The van der Waals surface area contributed by atoms with Crippen LogP contribution in [-0.4, -0.2) is 96.9 Å². The quantitative estimate of drug-likeness (QED) is 0.0153. The Bertz CT molecular complexity index is 1980. The monoisotopic (exact) mass is 1070 g/mol. The van der Waals surface area contributed by atoms with Crippen molar-refractivity contribution in [1.29, 1.82) is 0 Å². The minimum Gasteiger partial charge on any atom is -0.462 e. The SMILES string of the molecule is CCCCCCCC/C=C\CCCCCCCCCC(=O)OC[C@H](COP(=O)(O)OP(=O)(O)OC[C@H]1O[C@@H](n2ccc(N)nc2=O)[C@H](O)[C@@H]1O)OC(=O)CCC/C=C\C/C=C\C/C=C\C/C=C\[C@H](O)CCCC. The molecule has 2 heterocycles. The number of nitrogen functional groups attached to an aromatic ring is 1. The lowest BCUT2D eigenvalue weighted by atomic mass is 10.1. The van der Waals surface area contributed by atoms with Crippen LogP contribution < -0.4 is 11.4 Å². The summed E-state index contributed by atoms with van der Waals surface area (Å²) in [6, 6.07) is 1.24. The van der Waals surface area contributed by atoms with E-state index in [2.05, 4.69) is 41.4 Å². The van der Waals surface area contributed by atoms with E-state index < -0.39 is 89.8 Å². The van der Waals surface area contributed by atoms with E-state index >= 15 is 0 Å². The molecule has 1 saturated heterocycles. The fourth-order valence-electron chi connectivity index (χ4n) is 7.50. The van der Waals surface area contributed by atoms with E-state index in [0.29, 0.717) is 25.7 Å². The molecule has 73 heavy (non-hydrogen) atoms. The largest absolute Gasteiger partial charge is 0.481 e. The highest BCUT2D eigenvalue weighted by molar-refractivity contribution is 7.61. The zero-order chi connectivity index (χ0) is 53.6. The third-order valence-electron chi connectivity index (χ3n) is 11.6. The van der Waals surface area contributed by atoms with Gasteiger partial charge in [0.05, 0.1) is 19.3 Å². The van der Waals surface area contributed by atoms with Crippen molar-refractivity contribution >= 4 is 33.4 Å². The number of phosphoric acid groups is 2. The smallest absolute Gasteiger partial charge is 0.462 e. The molecule has 1 aliphatic heterocycles. The molecule has 2 unspecified atom stereocenters. The summed E-state index contributed by atoms with van der Waals surface area (Å²) in [5.41, 5.74) is 4.58. The molecule has 7 N–H and O–H groups in total. The lowest BCUT2D eigenvalue weighted by Gasteiger charge is -2.21. The van der Waals surface area contributed by atoms with Crippen LogP contribution >= 0.6 is 15.6 Å². The maximum Gasteiger partial charge on any atom is 0.481 e. The van der Waals surface area contributed by atoms with E-state index in [4.69, 9.17) is 29.0 Å². The summed E-state index contributed by atoms with van der Waals surface area (Å²) in [6.45, 7) is 1.94. The molecule has 0 aromatic carbocycles. The summed E-state index contributed by atoms with van der Waals surface area (Å²) in [5, 5.41) is 30.8. The first-order valence-corrected chi connectivity index (χ1v) is 29.4. The third kappa shape index (κ3) is 32.5. The number of carbonyl (C=O) groups excluding carboxylic acids is 2. The Morgan fingerprint density at radius 1 is 0.712 bits per heavy atom. The van der Waals surface area contributed by atoms with E-state index in [1.165, 1.54) is 44.6 Å². The van der Waals surface area contributed by atoms with Gasteiger partial charge >= 0.3 is 33.3 Å². The molecular formula is C52H87N3O16P2. The second-order valence-electron chi connectivity index (χ2n) is 18.2. The van der Waals surface area contributed by atoms with Gasteiger partial charge in [-0.2, -0.15) is 9.29 Å². The molecule has 0 aliphatic carbocycles. The molecule has 1 aromatic rings. The van der Waals surface area contributed by atoms with Gasteiger partial charge in [-0.15, -0.1) is 0 Å². The lowest BCUT2D eigenvalue weighted by Crippen LogP contribution is -2.36. The third-order valence-corrected chi connectivity index (χ3v) is 14.2. The van der Waals surface area contributed by atoms with Gasteiger partial charge in [-0.1, -0.05) is 152 Å². The second-order valence-corrected chi connectivity index (χ2v) is 21.2. The molecule has 0 radical (unpaired) electrons. The molecule has 1 aliphatic rings. The van der Waals surface area contributed by atoms with Gasteiger partial charge in [-0.25, -0.2) is 13.9 Å². The van der Waals surface area contributed by atoms with Crippen LogP contribution in [0.3, 0.4) is 0 Å². The Labute approximate surface area is 433 Å². The molecule has 1 fully saturated rings. The average molecular weight is 1070 g/mol. The van der Waals surface area contributed by atoms with E-state index in [1.807, 2.05) is 42.5 Å². The zero-order valence-electron chi connectivity index (χ0n) is 43.3. The second kappa shape index (κ2) is 39.8. The fraction of sp³-hybridized carbons (Fsp3) is 0.692. The summed E-state index contributed by atoms with van der Waals surface area (Å²) < 4.78 is 56.7. The van der Waals surface area contributed by atoms with Gasteiger partial charge in [0.25, 0.3) is 0 Å². The van der Waals surface area contributed by atoms with Gasteiger partial charge < -0.3 is 45.1 Å². The molecule has 0 amide bonds. The number of aliphatic hydroxyl groups is 3. The Morgan fingerprint density at radius 3 is 1.88 bits per heavy atom. The van der Waals surface area contributed by atoms with Crippen LogP contribution in [-0.2, 0) is 46.3 Å². The van der Waals surface area contributed by atoms with Crippen LogP contribution in [0.1, 0.15) is 181 Å². The van der Waals surface area contributed by atoms with Crippen molar-refractivity contribution in [2.24, 2.45) is 0 Å². The van der Waals surface area contributed by atoms with Crippen molar-refractivity contribution in [2.75, 3.05) is 25.6 Å². The van der Waals surface area contributed by atoms with E-state index in [1.54, 1.807) is 0 Å². The summed E-state index contributed by atoms with van der Waals surface area (Å²) >= 11 is 0. The lowest BCUT2D eigenvalue weighted by molar-refractivity contribution is -0.161. The summed E-state index contributed by atoms with van der Waals surface area (Å²) in [7, 11) is -10.9. The molecule has 0 spiro atoms. The molecule has 416 valence electrons. The predicted octanol–water partition coefficient (Wildman–Crippen LogP) is 10.1. The maximum atomic E-state index is 12.9. The van der Waals surface area contributed by atoms with E-state index in [0.717, 1.165) is 94.2 Å². The van der Waals surface area contributed by atoms with Gasteiger partial charge in [0.15, 0.2) is 12.3 Å². The van der Waals surface area contributed by atoms with Crippen LogP contribution in [0.2, 0.25) is 0 Å². The number of nitrogens with zero attached hydrogens (tertiary/aromatic N) is 2. The molecule has 0 saturated carbocycles. The first kappa shape index (κ1) is 65.5. The highest BCUT2D eigenvalue weighted by Crippen LogP contribution is 2.60. The van der Waals surface area contributed by atoms with Crippen molar-refractivity contribution in [3.8, 4) is 0 Å². The van der Waals surface area contributed by atoms with Gasteiger partial charge in [0.2, 0.25) is 0 Å². The van der Waals surface area contributed by atoms with Gasteiger partial charge in [-0.3, -0.25) is 23.2 Å². The molecule has 21 heteroatoms. The van der Waals surface area contributed by atoms with Crippen LogP contribution in [0.15, 0.2) is 77.8 Å². The number of esters is 2. The normalized spacial score (nSPS) is 19.9. The number of hydrogen-bond donors (Lipinski definition) is 6. The number of allylic oxidation sites excluding steroid dienone is 9. The molecule has 2 rings (SSSR count). The number of unbranched alkanes of at least 4 members (excludes halogenated alkanes) is 15. The van der Waals surface area contributed by atoms with Crippen LogP contribution in [0, 0.1) is 0 Å². The molecular weight excluding hydrogens is 985 g/mol. The van der Waals surface area contributed by atoms with E-state index in [-0.39, 0.29) is 18.7 Å². The topological polar surface area (TPSA) is 286 Å². The number of anilines is 1. The van der Waals surface area contributed by atoms with Crippen LogP contribution in [0.5, 0.6) is 0 Å². The van der Waals surface area contributed by atoms with Gasteiger partial charge in [0.1, 0.15) is 30.7 Å². The number of hydrogen-bond acceptors (Lipinski definition) is 16.